The van der Waals surface area contributed by atoms with Crippen LogP contribution in [0.25, 0.3) is 21.9 Å². The maximum atomic E-state index is 12.2. The zero-order valence-corrected chi connectivity index (χ0v) is 12.2. The molecule has 0 saturated carbocycles. The van der Waals surface area contributed by atoms with Crippen LogP contribution in [-0.2, 0) is 0 Å². The van der Waals surface area contributed by atoms with Crippen molar-refractivity contribution in [1.29, 1.82) is 0 Å². The van der Waals surface area contributed by atoms with Crippen LogP contribution in [-0.4, -0.2) is 38.0 Å². The molecule has 0 unspecified atom stereocenters. The van der Waals surface area contributed by atoms with E-state index in [2.05, 4.69) is 5.32 Å². The summed E-state index contributed by atoms with van der Waals surface area (Å²) in [5.74, 6) is -0.0518. The van der Waals surface area contributed by atoms with Gasteiger partial charge in [0.2, 0.25) is 0 Å². The number of rotatable bonds is 4. The summed E-state index contributed by atoms with van der Waals surface area (Å²) < 4.78 is 5.76. The third-order valence-corrected chi connectivity index (χ3v) is 3.48. The normalized spacial score (nSPS) is 11.4. The van der Waals surface area contributed by atoms with Crippen LogP contribution in [0.15, 0.2) is 46.9 Å². The monoisotopic (exact) mass is 282 g/mol. The number of nitrogens with zero attached hydrogens (tertiary/aromatic N) is 1. The van der Waals surface area contributed by atoms with Gasteiger partial charge < -0.3 is 14.6 Å². The summed E-state index contributed by atoms with van der Waals surface area (Å²) in [6, 6.07) is 13.4. The zero-order chi connectivity index (χ0) is 14.8. The average molecular weight is 282 g/mol. The van der Waals surface area contributed by atoms with Gasteiger partial charge in [-0.15, -0.1) is 0 Å². The molecule has 0 bridgehead atoms. The van der Waals surface area contributed by atoms with Gasteiger partial charge in [0.25, 0.3) is 5.91 Å². The Hall–Kier alpha value is -2.33. The number of hydrogen-bond donors (Lipinski definition) is 1. The Bertz CT molecular complexity index is 790. The fraction of sp³-hybridized carbons (Fsp3) is 0.235. The first-order valence-corrected chi connectivity index (χ1v) is 6.99. The van der Waals surface area contributed by atoms with Crippen LogP contribution in [0.1, 0.15) is 10.4 Å². The van der Waals surface area contributed by atoms with Crippen molar-refractivity contribution in [2.75, 3.05) is 27.2 Å². The number of likely N-dealkylation sites (N-methyl/N-ethyl adjacent to an activating group) is 1. The number of carbonyl (C=O) groups is 1. The number of para-hydroxylation sites is 1. The SMILES string of the molecule is CN(C)CCNC(=O)c1ccc2oc3ccccc3c2c1. The van der Waals surface area contributed by atoms with Gasteiger partial charge >= 0.3 is 0 Å². The van der Waals surface area contributed by atoms with Crippen LogP contribution in [0.2, 0.25) is 0 Å². The summed E-state index contributed by atoms with van der Waals surface area (Å²) in [6.45, 7) is 1.46. The molecule has 0 radical (unpaired) electrons. The van der Waals surface area contributed by atoms with Crippen LogP contribution in [0, 0.1) is 0 Å². The highest BCUT2D eigenvalue weighted by Crippen LogP contribution is 2.28. The van der Waals surface area contributed by atoms with Gasteiger partial charge in [-0.1, -0.05) is 18.2 Å². The zero-order valence-electron chi connectivity index (χ0n) is 12.2. The predicted octanol–water partition coefficient (Wildman–Crippen LogP) is 2.88. The second-order valence-electron chi connectivity index (χ2n) is 5.37. The summed E-state index contributed by atoms with van der Waals surface area (Å²) in [6.07, 6.45) is 0. The molecule has 1 aromatic heterocycles. The molecule has 0 aliphatic carbocycles. The van der Waals surface area contributed by atoms with Crippen LogP contribution < -0.4 is 5.32 Å². The molecule has 2 aromatic carbocycles. The highest BCUT2D eigenvalue weighted by Gasteiger charge is 2.10. The fourth-order valence-corrected chi connectivity index (χ4v) is 2.36. The summed E-state index contributed by atoms with van der Waals surface area (Å²) in [7, 11) is 3.96. The lowest BCUT2D eigenvalue weighted by molar-refractivity contribution is 0.0951. The summed E-state index contributed by atoms with van der Waals surface area (Å²) in [5, 5.41) is 4.94. The molecule has 0 saturated heterocycles. The molecule has 1 heterocycles. The van der Waals surface area contributed by atoms with Gasteiger partial charge in [-0.2, -0.15) is 0 Å². The lowest BCUT2D eigenvalue weighted by Crippen LogP contribution is -2.31. The number of nitrogens with one attached hydrogen (secondary N) is 1. The van der Waals surface area contributed by atoms with Gasteiger partial charge in [0.15, 0.2) is 0 Å². The minimum Gasteiger partial charge on any atom is -0.456 e. The van der Waals surface area contributed by atoms with Gasteiger partial charge in [0, 0.05) is 29.4 Å². The van der Waals surface area contributed by atoms with Crippen molar-refractivity contribution in [2.24, 2.45) is 0 Å². The van der Waals surface area contributed by atoms with E-state index >= 15 is 0 Å². The molecule has 3 rings (SSSR count). The summed E-state index contributed by atoms with van der Waals surface area (Å²) >= 11 is 0. The largest absolute Gasteiger partial charge is 0.456 e. The molecule has 21 heavy (non-hydrogen) atoms. The third-order valence-electron chi connectivity index (χ3n) is 3.48. The topological polar surface area (TPSA) is 45.5 Å². The van der Waals surface area contributed by atoms with Crippen molar-refractivity contribution in [3.05, 3.63) is 48.0 Å². The summed E-state index contributed by atoms with van der Waals surface area (Å²) in [4.78, 5) is 14.2. The lowest BCUT2D eigenvalue weighted by Gasteiger charge is -2.10. The van der Waals surface area contributed by atoms with E-state index < -0.39 is 0 Å². The fourth-order valence-electron chi connectivity index (χ4n) is 2.36. The maximum absolute atomic E-state index is 12.2. The molecule has 4 heteroatoms. The standard InChI is InChI=1S/C17H18N2O2/c1-19(2)10-9-18-17(20)12-7-8-16-14(11-12)13-5-3-4-6-15(13)21-16/h3-8,11H,9-10H2,1-2H3,(H,18,20). The van der Waals surface area contributed by atoms with E-state index in [1.165, 1.54) is 0 Å². The first kappa shape index (κ1) is 13.6. The number of amides is 1. The molecule has 0 fully saturated rings. The molecule has 0 atom stereocenters. The van der Waals surface area contributed by atoms with Gasteiger partial charge in [-0.3, -0.25) is 4.79 Å². The second-order valence-corrected chi connectivity index (χ2v) is 5.37. The van der Waals surface area contributed by atoms with Crippen molar-refractivity contribution in [3.63, 3.8) is 0 Å². The quantitative estimate of drug-likeness (QED) is 0.800. The molecule has 1 amide bonds. The van der Waals surface area contributed by atoms with Gasteiger partial charge in [0.1, 0.15) is 11.2 Å². The first-order chi connectivity index (χ1) is 10.1. The number of carbonyl (C=O) groups excluding carboxylic acids is 1. The number of benzene rings is 2. The number of furan rings is 1. The van der Waals surface area contributed by atoms with Crippen molar-refractivity contribution in [2.45, 2.75) is 0 Å². The van der Waals surface area contributed by atoms with Gasteiger partial charge in [-0.25, -0.2) is 0 Å². The van der Waals surface area contributed by atoms with E-state index in [0.29, 0.717) is 12.1 Å². The average Bonchev–Trinajstić information content (AvgIpc) is 2.84. The van der Waals surface area contributed by atoms with Crippen molar-refractivity contribution < 1.29 is 9.21 Å². The van der Waals surface area contributed by atoms with Gasteiger partial charge in [0.05, 0.1) is 0 Å². The van der Waals surface area contributed by atoms with Crippen molar-refractivity contribution in [3.8, 4) is 0 Å². The number of fused-ring (bicyclic) bond motifs is 3. The van der Waals surface area contributed by atoms with Crippen molar-refractivity contribution in [1.82, 2.24) is 10.2 Å². The maximum Gasteiger partial charge on any atom is 0.251 e. The third kappa shape index (κ3) is 2.76. The van der Waals surface area contributed by atoms with E-state index in [1.54, 1.807) is 6.07 Å². The Balaban J connectivity index is 1.89. The Morgan fingerprint density at radius 1 is 1.10 bits per heavy atom. The van der Waals surface area contributed by atoms with Crippen LogP contribution in [0.5, 0.6) is 0 Å². The van der Waals surface area contributed by atoms with E-state index in [-0.39, 0.29) is 5.91 Å². The minimum absolute atomic E-state index is 0.0518. The Kier molecular flexibility index (Phi) is 3.62. The Morgan fingerprint density at radius 2 is 1.86 bits per heavy atom. The molecular weight excluding hydrogens is 264 g/mol. The molecular formula is C17H18N2O2. The molecule has 0 spiro atoms. The van der Waals surface area contributed by atoms with E-state index in [0.717, 1.165) is 28.5 Å². The minimum atomic E-state index is -0.0518. The highest BCUT2D eigenvalue weighted by atomic mass is 16.3. The van der Waals surface area contributed by atoms with E-state index in [9.17, 15) is 4.79 Å². The van der Waals surface area contributed by atoms with E-state index in [1.807, 2.05) is 55.4 Å². The molecule has 0 aliphatic heterocycles. The molecule has 1 N–H and O–H groups in total. The Morgan fingerprint density at radius 3 is 2.67 bits per heavy atom. The molecule has 4 nitrogen and oxygen atoms in total. The van der Waals surface area contributed by atoms with E-state index in [4.69, 9.17) is 4.42 Å². The number of hydrogen-bond acceptors (Lipinski definition) is 3. The molecule has 108 valence electrons. The predicted molar refractivity (Wildman–Crippen MR) is 84.6 cm³/mol. The summed E-state index contributed by atoms with van der Waals surface area (Å²) in [5.41, 5.74) is 2.31. The van der Waals surface area contributed by atoms with Crippen LogP contribution >= 0.6 is 0 Å². The molecule has 3 aromatic rings. The second kappa shape index (κ2) is 5.58. The van der Waals surface area contributed by atoms with Gasteiger partial charge in [-0.05, 0) is 38.4 Å². The highest BCUT2D eigenvalue weighted by molar-refractivity contribution is 6.08. The van der Waals surface area contributed by atoms with Crippen molar-refractivity contribution >= 4 is 27.8 Å². The van der Waals surface area contributed by atoms with Crippen LogP contribution in [0.4, 0.5) is 0 Å². The first-order valence-electron chi connectivity index (χ1n) is 6.99. The molecule has 0 aliphatic rings. The lowest BCUT2D eigenvalue weighted by atomic mass is 10.1. The Labute approximate surface area is 123 Å². The van der Waals surface area contributed by atoms with Crippen LogP contribution in [0.3, 0.4) is 0 Å². The smallest absolute Gasteiger partial charge is 0.251 e.